The van der Waals surface area contributed by atoms with E-state index in [9.17, 15) is 0 Å². The lowest BCUT2D eigenvalue weighted by Crippen LogP contribution is -1.99. The van der Waals surface area contributed by atoms with Gasteiger partial charge in [0.05, 0.1) is 19.8 Å². The molecule has 1 aromatic carbocycles. The Hall–Kier alpha value is -1.81. The van der Waals surface area contributed by atoms with Gasteiger partial charge < -0.3 is 9.47 Å². The van der Waals surface area contributed by atoms with Crippen molar-refractivity contribution in [2.45, 2.75) is 0 Å². The molecule has 0 atom stereocenters. The lowest BCUT2D eigenvalue weighted by Gasteiger charge is -2.10. The first-order valence-corrected chi connectivity index (χ1v) is 5.35. The van der Waals surface area contributed by atoms with Crippen LogP contribution >= 0.6 is 11.6 Å². The smallest absolute Gasteiger partial charge is 0.320 e. The molecule has 0 bridgehead atoms. The predicted molar refractivity (Wildman–Crippen MR) is 65.6 cm³/mol. The van der Waals surface area contributed by atoms with Crippen LogP contribution in [0.1, 0.15) is 0 Å². The summed E-state index contributed by atoms with van der Waals surface area (Å²) in [6, 6.07) is 9.77. The van der Waals surface area contributed by atoms with Gasteiger partial charge in [-0.15, -0.1) is 0 Å². The number of methoxy groups -OCH3 is 2. The minimum absolute atomic E-state index is 0.187. The normalized spacial score (nSPS) is 10.1. The summed E-state index contributed by atoms with van der Waals surface area (Å²) in [4.78, 5) is 8.14. The number of hydrogen-bond acceptors (Lipinski definition) is 4. The summed E-state index contributed by atoms with van der Waals surface area (Å²) in [5.74, 6) is 0.396. The fourth-order valence-corrected chi connectivity index (χ4v) is 1.74. The van der Waals surface area contributed by atoms with Gasteiger partial charge in [0, 0.05) is 0 Å². The van der Waals surface area contributed by atoms with E-state index >= 15 is 0 Å². The molecule has 17 heavy (non-hydrogen) atoms. The van der Waals surface area contributed by atoms with Gasteiger partial charge in [0.15, 0.2) is 0 Å². The van der Waals surface area contributed by atoms with E-state index in [1.54, 1.807) is 0 Å². The zero-order chi connectivity index (χ0) is 12.3. The molecule has 0 amide bonds. The van der Waals surface area contributed by atoms with Crippen molar-refractivity contribution >= 4 is 11.6 Å². The summed E-state index contributed by atoms with van der Waals surface area (Å²) < 4.78 is 10.1. The first kappa shape index (κ1) is 11.7. The van der Waals surface area contributed by atoms with Crippen molar-refractivity contribution in [2.24, 2.45) is 0 Å². The Morgan fingerprint density at radius 2 is 1.71 bits per heavy atom. The predicted octanol–water partition coefficient (Wildman–Crippen LogP) is 2.81. The van der Waals surface area contributed by atoms with Gasteiger partial charge in [0.2, 0.25) is 5.88 Å². The number of hydrogen-bond donors (Lipinski definition) is 0. The Kier molecular flexibility index (Phi) is 3.44. The van der Waals surface area contributed by atoms with Crippen molar-refractivity contribution in [3.63, 3.8) is 0 Å². The van der Waals surface area contributed by atoms with Gasteiger partial charge in [-0.3, -0.25) is 0 Å². The third-order valence-electron chi connectivity index (χ3n) is 2.25. The van der Waals surface area contributed by atoms with Crippen molar-refractivity contribution in [2.75, 3.05) is 14.2 Å². The van der Waals surface area contributed by atoms with E-state index < -0.39 is 0 Å². The second-order valence-electron chi connectivity index (χ2n) is 3.25. The molecule has 0 N–H and O–H groups in total. The molecule has 5 heteroatoms. The molecule has 0 fully saturated rings. The van der Waals surface area contributed by atoms with Crippen LogP contribution in [0, 0.1) is 0 Å². The summed E-state index contributed by atoms with van der Waals surface area (Å²) in [5, 5.41) is 0.305. The van der Waals surface area contributed by atoms with E-state index in [4.69, 9.17) is 21.1 Å². The standard InChI is InChI=1S/C12H11ClN2O2/c1-16-11-9(8-6-4-3-5-7-8)10(13)14-12(15-11)17-2/h3-7H,1-2H3. The number of nitrogens with zero attached hydrogens (tertiary/aromatic N) is 2. The van der Waals surface area contributed by atoms with E-state index in [0.717, 1.165) is 5.56 Å². The Morgan fingerprint density at radius 3 is 2.29 bits per heavy atom. The van der Waals surface area contributed by atoms with Crippen molar-refractivity contribution in [3.8, 4) is 23.0 Å². The summed E-state index contributed by atoms with van der Waals surface area (Å²) in [7, 11) is 3.01. The molecular weight excluding hydrogens is 240 g/mol. The third-order valence-corrected chi connectivity index (χ3v) is 2.52. The number of benzene rings is 1. The van der Waals surface area contributed by atoms with Crippen LogP contribution < -0.4 is 9.47 Å². The number of ether oxygens (including phenoxy) is 2. The van der Waals surface area contributed by atoms with Crippen LogP contribution in [0.25, 0.3) is 11.1 Å². The molecule has 1 heterocycles. The maximum atomic E-state index is 6.12. The molecule has 0 aliphatic carbocycles. The topological polar surface area (TPSA) is 44.2 Å². The molecule has 0 aliphatic heterocycles. The van der Waals surface area contributed by atoms with Gasteiger partial charge in [0.1, 0.15) is 5.15 Å². The minimum Gasteiger partial charge on any atom is -0.480 e. The van der Waals surface area contributed by atoms with E-state index in [1.165, 1.54) is 14.2 Å². The van der Waals surface area contributed by atoms with Gasteiger partial charge in [0.25, 0.3) is 0 Å². The van der Waals surface area contributed by atoms with Crippen molar-refractivity contribution in [3.05, 3.63) is 35.5 Å². The van der Waals surface area contributed by atoms with Gasteiger partial charge in [-0.2, -0.15) is 9.97 Å². The third kappa shape index (κ3) is 2.31. The molecule has 2 rings (SSSR count). The number of aromatic nitrogens is 2. The molecule has 0 aliphatic rings. The molecule has 4 nitrogen and oxygen atoms in total. The summed E-state index contributed by atoms with van der Waals surface area (Å²) in [5.41, 5.74) is 1.56. The molecule has 0 unspecified atom stereocenters. The highest BCUT2D eigenvalue weighted by Gasteiger charge is 2.15. The van der Waals surface area contributed by atoms with Crippen LogP contribution in [0.5, 0.6) is 11.9 Å². The summed E-state index contributed by atoms with van der Waals surface area (Å²) in [6.07, 6.45) is 0. The second kappa shape index (κ2) is 5.01. The Labute approximate surface area is 104 Å². The van der Waals surface area contributed by atoms with Crippen LogP contribution in [0.4, 0.5) is 0 Å². The van der Waals surface area contributed by atoms with Crippen molar-refractivity contribution in [1.82, 2.24) is 9.97 Å². The van der Waals surface area contributed by atoms with E-state index in [-0.39, 0.29) is 6.01 Å². The maximum absolute atomic E-state index is 6.12. The van der Waals surface area contributed by atoms with Crippen LogP contribution in [-0.2, 0) is 0 Å². The number of rotatable bonds is 3. The fraction of sp³-hybridized carbons (Fsp3) is 0.167. The highest BCUT2D eigenvalue weighted by molar-refractivity contribution is 6.32. The van der Waals surface area contributed by atoms with Crippen molar-refractivity contribution < 1.29 is 9.47 Å². The van der Waals surface area contributed by atoms with Gasteiger partial charge in [-0.25, -0.2) is 0 Å². The zero-order valence-corrected chi connectivity index (χ0v) is 10.2. The Balaban J connectivity index is 2.61. The average molecular weight is 251 g/mol. The molecule has 1 aromatic heterocycles. The Morgan fingerprint density at radius 1 is 1.00 bits per heavy atom. The minimum atomic E-state index is 0.187. The van der Waals surface area contributed by atoms with Gasteiger partial charge in [-0.1, -0.05) is 41.9 Å². The highest BCUT2D eigenvalue weighted by Crippen LogP contribution is 2.34. The first-order valence-electron chi connectivity index (χ1n) is 4.97. The monoisotopic (exact) mass is 250 g/mol. The Bertz CT molecular complexity index is 517. The van der Waals surface area contributed by atoms with Crippen molar-refractivity contribution in [1.29, 1.82) is 0 Å². The highest BCUT2D eigenvalue weighted by atomic mass is 35.5. The number of halogens is 1. The molecule has 0 saturated heterocycles. The largest absolute Gasteiger partial charge is 0.480 e. The van der Waals surface area contributed by atoms with Crippen LogP contribution in [-0.4, -0.2) is 24.2 Å². The van der Waals surface area contributed by atoms with Gasteiger partial charge in [-0.05, 0) is 5.56 Å². The average Bonchev–Trinajstić information content (AvgIpc) is 2.38. The molecule has 0 saturated carbocycles. The quantitative estimate of drug-likeness (QED) is 0.786. The van der Waals surface area contributed by atoms with Gasteiger partial charge >= 0.3 is 6.01 Å². The van der Waals surface area contributed by atoms with E-state index in [1.807, 2.05) is 30.3 Å². The molecule has 0 radical (unpaired) electrons. The zero-order valence-electron chi connectivity index (χ0n) is 9.48. The van der Waals surface area contributed by atoms with Crippen LogP contribution in [0.2, 0.25) is 5.15 Å². The lowest BCUT2D eigenvalue weighted by atomic mass is 10.1. The SMILES string of the molecule is COc1nc(Cl)c(-c2ccccc2)c(OC)n1. The van der Waals surface area contributed by atoms with Crippen LogP contribution in [0.15, 0.2) is 30.3 Å². The molecule has 2 aromatic rings. The molecule has 0 spiro atoms. The lowest BCUT2D eigenvalue weighted by molar-refractivity contribution is 0.353. The molecular formula is C12H11ClN2O2. The second-order valence-corrected chi connectivity index (χ2v) is 3.61. The summed E-state index contributed by atoms with van der Waals surface area (Å²) >= 11 is 6.12. The first-order chi connectivity index (χ1) is 8.26. The van der Waals surface area contributed by atoms with Crippen LogP contribution in [0.3, 0.4) is 0 Å². The van der Waals surface area contributed by atoms with E-state index in [2.05, 4.69) is 9.97 Å². The fourth-order valence-electron chi connectivity index (χ4n) is 1.48. The maximum Gasteiger partial charge on any atom is 0.320 e. The van der Waals surface area contributed by atoms with E-state index in [0.29, 0.717) is 16.6 Å². The summed E-state index contributed by atoms with van der Waals surface area (Å²) in [6.45, 7) is 0. The molecule has 88 valence electrons.